The van der Waals surface area contributed by atoms with Crippen LogP contribution in [0.5, 0.6) is 0 Å². The van der Waals surface area contributed by atoms with Gasteiger partial charge in [-0.15, -0.1) is 0 Å². The number of nitro groups is 1. The second-order valence-electron chi connectivity index (χ2n) is 4.65. The van der Waals surface area contributed by atoms with E-state index in [1.165, 1.54) is 12.1 Å². The van der Waals surface area contributed by atoms with Crippen molar-refractivity contribution in [1.82, 2.24) is 0 Å². The first kappa shape index (κ1) is 14.7. The zero-order chi connectivity index (χ0) is 14.9. The maximum Gasteiger partial charge on any atom is 0.293 e. The van der Waals surface area contributed by atoms with Gasteiger partial charge in [-0.05, 0) is 25.0 Å². The van der Waals surface area contributed by atoms with E-state index in [9.17, 15) is 18.5 Å². The Kier molecular flexibility index (Phi) is 3.93. The van der Waals surface area contributed by atoms with Crippen LogP contribution in [0.3, 0.4) is 0 Å². The topological polar surface area (TPSA) is 125 Å². The van der Waals surface area contributed by atoms with Crippen LogP contribution < -0.4 is 10.5 Å². The van der Waals surface area contributed by atoms with Gasteiger partial charge in [-0.1, -0.05) is 0 Å². The molecule has 1 aromatic rings. The third-order valence-electron chi connectivity index (χ3n) is 3.28. The van der Waals surface area contributed by atoms with E-state index >= 15 is 0 Å². The van der Waals surface area contributed by atoms with Crippen LogP contribution in [0.15, 0.2) is 23.1 Å². The van der Waals surface area contributed by atoms with Gasteiger partial charge in [0.1, 0.15) is 5.69 Å². The number of hydrogen-bond donors (Lipinski definition) is 2. The van der Waals surface area contributed by atoms with Crippen molar-refractivity contribution in [2.75, 3.05) is 12.4 Å². The molecule has 1 fully saturated rings. The Labute approximate surface area is 116 Å². The maximum atomic E-state index is 11.2. The number of rotatable bonds is 5. The molecule has 20 heavy (non-hydrogen) atoms. The van der Waals surface area contributed by atoms with E-state index in [0.29, 0.717) is 0 Å². The molecule has 0 bridgehead atoms. The Morgan fingerprint density at radius 2 is 2.10 bits per heavy atom. The van der Waals surface area contributed by atoms with Crippen molar-refractivity contribution in [2.24, 2.45) is 5.14 Å². The summed E-state index contributed by atoms with van der Waals surface area (Å²) in [6.07, 6.45) is 1.67. The van der Waals surface area contributed by atoms with Gasteiger partial charge >= 0.3 is 0 Å². The van der Waals surface area contributed by atoms with Gasteiger partial charge in [-0.2, -0.15) is 0 Å². The van der Waals surface area contributed by atoms with Crippen LogP contribution in [0, 0.1) is 10.1 Å². The second-order valence-corrected chi connectivity index (χ2v) is 6.21. The summed E-state index contributed by atoms with van der Waals surface area (Å²) in [5.74, 6) is 0. The molecular formula is C11H15N3O5S. The first-order valence-corrected chi connectivity index (χ1v) is 7.46. The van der Waals surface area contributed by atoms with Gasteiger partial charge in [-0.25, -0.2) is 13.6 Å². The Hall–Kier alpha value is -1.71. The van der Waals surface area contributed by atoms with Crippen LogP contribution >= 0.6 is 0 Å². The Morgan fingerprint density at radius 3 is 2.60 bits per heavy atom. The van der Waals surface area contributed by atoms with Crippen LogP contribution in [0.25, 0.3) is 0 Å². The van der Waals surface area contributed by atoms with Crippen molar-refractivity contribution in [3.8, 4) is 0 Å². The van der Waals surface area contributed by atoms with E-state index in [-0.39, 0.29) is 28.4 Å². The smallest absolute Gasteiger partial charge is 0.293 e. The van der Waals surface area contributed by atoms with Crippen LogP contribution in [0.2, 0.25) is 0 Å². The van der Waals surface area contributed by atoms with Crippen molar-refractivity contribution >= 4 is 21.4 Å². The predicted molar refractivity (Wildman–Crippen MR) is 71.9 cm³/mol. The van der Waals surface area contributed by atoms with Gasteiger partial charge in [0.05, 0.1) is 15.9 Å². The number of ether oxygens (including phenoxy) is 1. The highest BCUT2D eigenvalue weighted by atomic mass is 32.2. The van der Waals surface area contributed by atoms with Gasteiger partial charge < -0.3 is 10.1 Å². The number of nitro benzene ring substituents is 1. The third kappa shape index (κ3) is 3.06. The first-order chi connectivity index (χ1) is 9.31. The number of benzene rings is 1. The minimum atomic E-state index is -3.96. The highest BCUT2D eigenvalue weighted by Crippen LogP contribution is 2.32. The molecule has 1 aromatic carbocycles. The molecule has 0 unspecified atom stereocenters. The predicted octanol–water partition coefficient (Wildman–Crippen LogP) is 0.832. The lowest BCUT2D eigenvalue weighted by atomic mass is 9.89. The average molecular weight is 301 g/mol. The monoisotopic (exact) mass is 301 g/mol. The molecule has 0 radical (unpaired) electrons. The van der Waals surface area contributed by atoms with Crippen molar-refractivity contribution in [3.05, 3.63) is 28.3 Å². The molecule has 0 atom stereocenters. The van der Waals surface area contributed by atoms with Crippen LogP contribution in [0.1, 0.15) is 12.8 Å². The van der Waals surface area contributed by atoms with Crippen molar-refractivity contribution < 1.29 is 18.1 Å². The highest BCUT2D eigenvalue weighted by molar-refractivity contribution is 7.89. The Bertz CT molecular complexity index is 625. The molecule has 0 aromatic heterocycles. The van der Waals surface area contributed by atoms with Crippen LogP contribution in [-0.4, -0.2) is 32.6 Å². The normalized spacial score (nSPS) is 22.1. The van der Waals surface area contributed by atoms with Crippen LogP contribution in [-0.2, 0) is 14.8 Å². The molecule has 0 amide bonds. The van der Waals surface area contributed by atoms with Crippen molar-refractivity contribution in [3.63, 3.8) is 0 Å². The molecule has 110 valence electrons. The summed E-state index contributed by atoms with van der Waals surface area (Å²) in [6, 6.07) is 3.65. The van der Waals surface area contributed by atoms with E-state index in [0.717, 1.165) is 18.9 Å². The Balaban J connectivity index is 2.23. The molecule has 0 aliphatic heterocycles. The summed E-state index contributed by atoms with van der Waals surface area (Å²) in [7, 11) is -2.35. The number of methoxy groups -OCH3 is 1. The highest BCUT2D eigenvalue weighted by Gasteiger charge is 2.30. The Morgan fingerprint density at radius 1 is 1.45 bits per heavy atom. The molecule has 1 aliphatic rings. The molecule has 3 N–H and O–H groups in total. The molecular weight excluding hydrogens is 286 g/mol. The van der Waals surface area contributed by atoms with Gasteiger partial charge in [0.15, 0.2) is 0 Å². The SMILES string of the molecule is CO[C@H]1C[C@H](Nc2ccc(S(N)(=O)=O)cc2[N+](=O)[O-])C1. The number of hydrogen-bond acceptors (Lipinski definition) is 6. The van der Waals surface area contributed by atoms with E-state index in [1.807, 2.05) is 0 Å². The molecule has 2 rings (SSSR count). The molecule has 9 heteroatoms. The van der Waals surface area contributed by atoms with Crippen molar-refractivity contribution in [2.45, 2.75) is 29.9 Å². The lowest BCUT2D eigenvalue weighted by molar-refractivity contribution is -0.384. The fraction of sp³-hybridized carbons (Fsp3) is 0.455. The zero-order valence-electron chi connectivity index (χ0n) is 10.8. The molecule has 0 spiro atoms. The summed E-state index contributed by atoms with van der Waals surface area (Å²) < 4.78 is 27.5. The van der Waals surface area contributed by atoms with Crippen molar-refractivity contribution in [1.29, 1.82) is 0 Å². The lowest BCUT2D eigenvalue weighted by Crippen LogP contribution is -2.40. The maximum absolute atomic E-state index is 11.2. The number of nitrogens with one attached hydrogen (secondary N) is 1. The fourth-order valence-electron chi connectivity index (χ4n) is 2.06. The number of nitrogens with two attached hydrogens (primary N) is 1. The van der Waals surface area contributed by atoms with E-state index < -0.39 is 14.9 Å². The zero-order valence-corrected chi connectivity index (χ0v) is 11.6. The van der Waals surface area contributed by atoms with Gasteiger partial charge in [0.2, 0.25) is 10.0 Å². The molecule has 1 aliphatic carbocycles. The van der Waals surface area contributed by atoms with E-state index in [2.05, 4.69) is 5.32 Å². The summed E-state index contributed by atoms with van der Waals surface area (Å²) in [6.45, 7) is 0. The number of primary sulfonamides is 1. The number of anilines is 1. The minimum Gasteiger partial charge on any atom is -0.381 e. The third-order valence-corrected chi connectivity index (χ3v) is 4.19. The summed E-state index contributed by atoms with van der Waals surface area (Å²) >= 11 is 0. The molecule has 8 nitrogen and oxygen atoms in total. The van der Waals surface area contributed by atoms with Gasteiger partial charge in [0.25, 0.3) is 5.69 Å². The summed E-state index contributed by atoms with van der Waals surface area (Å²) in [5, 5.41) is 19.0. The summed E-state index contributed by atoms with van der Waals surface area (Å²) in [5.41, 5.74) is -0.0284. The van der Waals surface area contributed by atoms with E-state index in [1.54, 1.807) is 7.11 Å². The molecule has 0 saturated heterocycles. The minimum absolute atomic E-state index is 0.0824. The summed E-state index contributed by atoms with van der Waals surface area (Å²) in [4.78, 5) is 10.1. The number of nitrogens with zero attached hydrogens (tertiary/aromatic N) is 1. The molecule has 0 heterocycles. The quantitative estimate of drug-likeness (QED) is 0.613. The average Bonchev–Trinajstić information content (AvgIpc) is 2.31. The standard InChI is InChI=1S/C11H15N3O5S/c1-19-8-4-7(5-8)13-10-3-2-9(20(12,17)18)6-11(10)14(15)16/h2-3,6-8,13H,4-5H2,1H3,(H2,12,17,18)/t7-,8-. The van der Waals surface area contributed by atoms with Crippen LogP contribution in [0.4, 0.5) is 11.4 Å². The second kappa shape index (κ2) is 5.35. The first-order valence-electron chi connectivity index (χ1n) is 5.92. The fourth-order valence-corrected chi connectivity index (χ4v) is 2.59. The lowest BCUT2D eigenvalue weighted by Gasteiger charge is -2.35. The largest absolute Gasteiger partial charge is 0.381 e. The number of sulfonamides is 1. The van der Waals surface area contributed by atoms with E-state index in [4.69, 9.17) is 9.88 Å². The van der Waals surface area contributed by atoms with Gasteiger partial charge in [-0.3, -0.25) is 10.1 Å². The van der Waals surface area contributed by atoms with Gasteiger partial charge in [0, 0.05) is 19.2 Å². The molecule has 1 saturated carbocycles.